The maximum atomic E-state index is 12.2. The Morgan fingerprint density at radius 1 is 1.14 bits per heavy atom. The summed E-state index contributed by atoms with van der Waals surface area (Å²) in [4.78, 5) is 26.7. The van der Waals surface area contributed by atoms with Crippen molar-refractivity contribution in [2.45, 2.75) is 46.0 Å². The maximum absolute atomic E-state index is 12.2. The van der Waals surface area contributed by atoms with E-state index in [2.05, 4.69) is 15.4 Å². The van der Waals surface area contributed by atoms with Crippen LogP contribution < -0.4 is 10.2 Å². The van der Waals surface area contributed by atoms with Gasteiger partial charge < -0.3 is 19.5 Å². The Balaban J connectivity index is 1.52. The third-order valence-electron chi connectivity index (χ3n) is 4.93. The highest BCUT2D eigenvalue weighted by Gasteiger charge is 2.21. The quantitative estimate of drug-likeness (QED) is 0.763. The van der Waals surface area contributed by atoms with Crippen LogP contribution in [-0.4, -0.2) is 36.7 Å². The van der Waals surface area contributed by atoms with Crippen molar-refractivity contribution in [3.8, 4) is 0 Å². The molecule has 0 radical (unpaired) electrons. The SMILES string of the molecule is CCc1noc(C)c1C(=O)OCC(=O)Nc1ccc(N2CCCCCC2)cc1. The first kappa shape index (κ1) is 19.9. The summed E-state index contributed by atoms with van der Waals surface area (Å²) in [7, 11) is 0. The fraction of sp³-hybridized carbons (Fsp3) is 0.476. The van der Waals surface area contributed by atoms with Gasteiger partial charge in [0.1, 0.15) is 11.3 Å². The topological polar surface area (TPSA) is 84.7 Å². The van der Waals surface area contributed by atoms with E-state index in [1.165, 1.54) is 31.4 Å². The molecular weight excluding hydrogens is 358 g/mol. The van der Waals surface area contributed by atoms with Crippen LogP contribution in [0.3, 0.4) is 0 Å². The summed E-state index contributed by atoms with van der Waals surface area (Å²) < 4.78 is 10.1. The molecule has 1 aliphatic heterocycles. The van der Waals surface area contributed by atoms with E-state index in [-0.39, 0.29) is 12.5 Å². The van der Waals surface area contributed by atoms with Gasteiger partial charge in [0.2, 0.25) is 0 Å². The minimum absolute atomic E-state index is 0.303. The first-order valence-electron chi connectivity index (χ1n) is 9.85. The average molecular weight is 385 g/mol. The molecule has 1 amide bonds. The van der Waals surface area contributed by atoms with Gasteiger partial charge in [-0.1, -0.05) is 24.9 Å². The third kappa shape index (κ3) is 4.91. The molecule has 28 heavy (non-hydrogen) atoms. The lowest BCUT2D eigenvalue weighted by Crippen LogP contribution is -2.24. The zero-order valence-electron chi connectivity index (χ0n) is 16.5. The molecule has 0 saturated carbocycles. The minimum atomic E-state index is -0.595. The average Bonchev–Trinajstić information content (AvgIpc) is 2.90. The maximum Gasteiger partial charge on any atom is 0.344 e. The van der Waals surface area contributed by atoms with Crippen LogP contribution in [0.25, 0.3) is 0 Å². The van der Waals surface area contributed by atoms with Gasteiger partial charge in [0, 0.05) is 24.5 Å². The van der Waals surface area contributed by atoms with E-state index >= 15 is 0 Å². The lowest BCUT2D eigenvalue weighted by atomic mass is 10.1. The van der Waals surface area contributed by atoms with Crippen LogP contribution in [0.5, 0.6) is 0 Å². The lowest BCUT2D eigenvalue weighted by molar-refractivity contribution is -0.119. The van der Waals surface area contributed by atoms with Gasteiger partial charge in [-0.25, -0.2) is 4.79 Å². The van der Waals surface area contributed by atoms with Crippen LogP contribution in [0.2, 0.25) is 0 Å². The molecule has 0 bridgehead atoms. The number of carbonyl (C=O) groups is 2. The molecule has 1 fully saturated rings. The molecule has 0 spiro atoms. The van der Waals surface area contributed by atoms with Gasteiger partial charge in [-0.2, -0.15) is 0 Å². The Kier molecular flexibility index (Phi) is 6.68. The fourth-order valence-corrected chi connectivity index (χ4v) is 3.41. The van der Waals surface area contributed by atoms with E-state index in [4.69, 9.17) is 9.26 Å². The molecule has 2 aromatic rings. The zero-order chi connectivity index (χ0) is 19.9. The molecule has 1 aromatic carbocycles. The van der Waals surface area contributed by atoms with Crippen molar-refractivity contribution in [1.82, 2.24) is 5.16 Å². The highest BCUT2D eigenvalue weighted by atomic mass is 16.5. The summed E-state index contributed by atoms with van der Waals surface area (Å²) in [6.45, 7) is 5.30. The summed E-state index contributed by atoms with van der Waals surface area (Å²) in [6, 6.07) is 7.78. The molecule has 1 saturated heterocycles. The molecule has 2 heterocycles. The largest absolute Gasteiger partial charge is 0.452 e. The second kappa shape index (κ2) is 9.39. The van der Waals surface area contributed by atoms with Crippen molar-refractivity contribution in [3.05, 3.63) is 41.3 Å². The predicted octanol–water partition coefficient (Wildman–Crippen LogP) is 3.72. The van der Waals surface area contributed by atoms with Crippen molar-refractivity contribution >= 4 is 23.3 Å². The monoisotopic (exact) mass is 385 g/mol. The normalized spacial score (nSPS) is 14.4. The zero-order valence-corrected chi connectivity index (χ0v) is 16.5. The second-order valence-corrected chi connectivity index (χ2v) is 6.99. The second-order valence-electron chi connectivity index (χ2n) is 6.99. The molecule has 1 aliphatic rings. The highest BCUT2D eigenvalue weighted by Crippen LogP contribution is 2.21. The molecule has 7 heteroatoms. The number of nitrogens with zero attached hydrogens (tertiary/aromatic N) is 2. The van der Waals surface area contributed by atoms with Crippen molar-refractivity contribution in [3.63, 3.8) is 0 Å². The molecule has 7 nitrogen and oxygen atoms in total. The number of aryl methyl sites for hydroxylation is 2. The van der Waals surface area contributed by atoms with E-state index in [0.717, 1.165) is 13.1 Å². The van der Waals surface area contributed by atoms with Crippen LogP contribution in [-0.2, 0) is 16.0 Å². The number of amides is 1. The van der Waals surface area contributed by atoms with E-state index < -0.39 is 5.97 Å². The number of carbonyl (C=O) groups excluding carboxylic acids is 2. The molecule has 3 rings (SSSR count). The fourth-order valence-electron chi connectivity index (χ4n) is 3.41. The number of anilines is 2. The Morgan fingerprint density at radius 3 is 2.46 bits per heavy atom. The van der Waals surface area contributed by atoms with Crippen LogP contribution >= 0.6 is 0 Å². The number of rotatable bonds is 6. The first-order valence-corrected chi connectivity index (χ1v) is 9.85. The summed E-state index contributed by atoms with van der Waals surface area (Å²) in [5.41, 5.74) is 2.68. The van der Waals surface area contributed by atoms with Crippen LogP contribution in [0.1, 0.15) is 54.4 Å². The lowest BCUT2D eigenvalue weighted by Gasteiger charge is -2.22. The van der Waals surface area contributed by atoms with Gasteiger partial charge in [-0.3, -0.25) is 4.79 Å². The number of aromatic nitrogens is 1. The van der Waals surface area contributed by atoms with Crippen LogP contribution in [0.15, 0.2) is 28.8 Å². The van der Waals surface area contributed by atoms with Gasteiger partial charge >= 0.3 is 5.97 Å². The number of hydrogen-bond acceptors (Lipinski definition) is 6. The van der Waals surface area contributed by atoms with Crippen LogP contribution in [0, 0.1) is 6.92 Å². The van der Waals surface area contributed by atoms with Gasteiger partial charge in [0.15, 0.2) is 6.61 Å². The molecule has 0 atom stereocenters. The van der Waals surface area contributed by atoms with Crippen LogP contribution in [0.4, 0.5) is 11.4 Å². The van der Waals surface area contributed by atoms with Gasteiger partial charge in [-0.05, 0) is 50.5 Å². The summed E-state index contributed by atoms with van der Waals surface area (Å²) in [6.07, 6.45) is 5.57. The van der Waals surface area contributed by atoms with E-state index in [9.17, 15) is 9.59 Å². The van der Waals surface area contributed by atoms with Gasteiger partial charge in [-0.15, -0.1) is 0 Å². The first-order chi connectivity index (χ1) is 13.6. The van der Waals surface area contributed by atoms with E-state index in [1.54, 1.807) is 6.92 Å². The van der Waals surface area contributed by atoms with E-state index in [0.29, 0.717) is 29.1 Å². The smallest absolute Gasteiger partial charge is 0.344 e. The number of esters is 1. The predicted molar refractivity (Wildman–Crippen MR) is 107 cm³/mol. The molecule has 1 N–H and O–H groups in total. The Bertz CT molecular complexity index is 806. The standard InChI is InChI=1S/C21H27N3O4/c1-3-18-20(15(2)28-23-18)21(26)27-14-19(25)22-16-8-10-17(11-9-16)24-12-6-4-5-7-13-24/h8-11H,3-7,12-14H2,1-2H3,(H,22,25). The summed E-state index contributed by atoms with van der Waals surface area (Å²) in [5.74, 6) is -0.586. The molecule has 1 aromatic heterocycles. The van der Waals surface area contributed by atoms with Crippen molar-refractivity contribution < 1.29 is 18.8 Å². The molecule has 0 unspecified atom stereocenters. The molecule has 0 aliphatic carbocycles. The molecular formula is C21H27N3O4. The van der Waals surface area contributed by atoms with Gasteiger partial charge in [0.05, 0.1) is 5.69 Å². The van der Waals surface area contributed by atoms with Crippen molar-refractivity contribution in [2.24, 2.45) is 0 Å². The molecule has 150 valence electrons. The number of hydrogen-bond donors (Lipinski definition) is 1. The minimum Gasteiger partial charge on any atom is -0.452 e. The Hall–Kier alpha value is -2.83. The number of ether oxygens (including phenoxy) is 1. The summed E-state index contributed by atoms with van der Waals surface area (Å²) in [5, 5.41) is 6.58. The van der Waals surface area contributed by atoms with Gasteiger partial charge in [0.25, 0.3) is 5.91 Å². The Morgan fingerprint density at radius 2 is 1.82 bits per heavy atom. The number of nitrogens with one attached hydrogen (secondary N) is 1. The van der Waals surface area contributed by atoms with Crippen molar-refractivity contribution in [2.75, 3.05) is 29.9 Å². The Labute approximate surface area is 165 Å². The highest BCUT2D eigenvalue weighted by molar-refractivity contribution is 5.96. The van der Waals surface area contributed by atoms with Crippen molar-refractivity contribution in [1.29, 1.82) is 0 Å². The summed E-state index contributed by atoms with van der Waals surface area (Å²) >= 11 is 0. The third-order valence-corrected chi connectivity index (χ3v) is 4.93. The van der Waals surface area contributed by atoms with E-state index in [1.807, 2.05) is 31.2 Å². The number of benzene rings is 1.